The van der Waals surface area contributed by atoms with Crippen LogP contribution in [0.1, 0.15) is 6.92 Å². The van der Waals surface area contributed by atoms with Gasteiger partial charge in [-0.3, -0.25) is 14.5 Å². The highest BCUT2D eigenvalue weighted by Crippen LogP contribution is 1.89. The fraction of sp³-hybridized carbons (Fsp3) is 1.00. The predicted molar refractivity (Wildman–Crippen MR) is 41.0 cm³/mol. The van der Waals surface area contributed by atoms with Crippen LogP contribution in [0.4, 0.5) is 0 Å². The maximum absolute atomic E-state index is 4.81. The van der Waals surface area contributed by atoms with Gasteiger partial charge in [-0.1, -0.05) is 5.64 Å². The molecule has 0 aromatic heterocycles. The lowest BCUT2D eigenvalue weighted by Crippen LogP contribution is -2.40. The van der Waals surface area contributed by atoms with Crippen LogP contribution in [0.15, 0.2) is 0 Å². The summed E-state index contributed by atoms with van der Waals surface area (Å²) in [7, 11) is 2.80. The molecule has 13 heavy (non-hydrogen) atoms. The Morgan fingerprint density at radius 1 is 1.23 bits per heavy atom. The second kappa shape index (κ2) is 8.29. The highest BCUT2D eigenvalue weighted by Gasteiger charge is 2.09. The second-order valence-corrected chi connectivity index (χ2v) is 1.91. The first-order chi connectivity index (χ1) is 6.24. The Morgan fingerprint density at radius 2 is 1.92 bits per heavy atom. The third-order valence-corrected chi connectivity index (χ3v) is 0.974. The molecule has 0 saturated heterocycles. The molecule has 2 atom stereocenters. The molecule has 0 amide bonds. The van der Waals surface area contributed by atoms with Gasteiger partial charge in [0.05, 0.1) is 7.11 Å². The predicted octanol–water partition coefficient (Wildman–Crippen LogP) is -1.24. The van der Waals surface area contributed by atoms with Crippen LogP contribution < -0.4 is 17.0 Å². The number of nitrogens with one attached hydrogen (secondary N) is 2. The lowest BCUT2D eigenvalue weighted by molar-refractivity contribution is -0.314. The standard InChI is InChI=1S/C5H15N3O5/c1-4(11-6)12-7-5(9-2)13-8-10-3/h4-5,7-8H,6H2,1-3H3. The average Bonchev–Trinajstić information content (AvgIpc) is 2.17. The number of hydrogen-bond acceptors (Lipinski definition) is 8. The van der Waals surface area contributed by atoms with Gasteiger partial charge in [-0.05, 0) is 6.92 Å². The van der Waals surface area contributed by atoms with E-state index in [0.717, 1.165) is 0 Å². The summed E-state index contributed by atoms with van der Waals surface area (Å²) in [6.45, 7) is 1.59. The van der Waals surface area contributed by atoms with Crippen LogP contribution in [-0.2, 0) is 24.1 Å². The maximum atomic E-state index is 4.81. The molecule has 8 nitrogen and oxygen atoms in total. The Morgan fingerprint density at radius 3 is 2.38 bits per heavy atom. The van der Waals surface area contributed by atoms with Crippen molar-refractivity contribution in [2.24, 2.45) is 5.90 Å². The highest BCUT2D eigenvalue weighted by atomic mass is 17.0. The van der Waals surface area contributed by atoms with Crippen molar-refractivity contribution in [1.29, 1.82) is 0 Å². The Hall–Kier alpha value is -0.320. The highest BCUT2D eigenvalue weighted by molar-refractivity contribution is 4.26. The van der Waals surface area contributed by atoms with Gasteiger partial charge in [0, 0.05) is 7.11 Å². The second-order valence-electron chi connectivity index (χ2n) is 1.91. The molecule has 0 aliphatic carbocycles. The number of rotatable bonds is 8. The Balaban J connectivity index is 3.46. The molecule has 0 bridgehead atoms. The number of hydrogen-bond donors (Lipinski definition) is 3. The topological polar surface area (TPSA) is 96.2 Å². The van der Waals surface area contributed by atoms with E-state index in [9.17, 15) is 0 Å². The van der Waals surface area contributed by atoms with Gasteiger partial charge in [0.2, 0.25) is 0 Å². The van der Waals surface area contributed by atoms with Crippen LogP contribution in [0, 0.1) is 0 Å². The van der Waals surface area contributed by atoms with Crippen LogP contribution in [-0.4, -0.2) is 26.9 Å². The summed E-state index contributed by atoms with van der Waals surface area (Å²) in [6.07, 6.45) is -1.46. The van der Waals surface area contributed by atoms with E-state index in [1.807, 2.05) is 0 Å². The molecule has 0 radical (unpaired) electrons. The summed E-state index contributed by atoms with van der Waals surface area (Å²) in [4.78, 5) is 18.2. The molecular weight excluding hydrogens is 182 g/mol. The van der Waals surface area contributed by atoms with Gasteiger partial charge in [0.15, 0.2) is 6.29 Å². The number of methoxy groups -OCH3 is 1. The monoisotopic (exact) mass is 197 g/mol. The normalized spacial score (nSPS) is 15.7. The molecule has 8 heteroatoms. The van der Waals surface area contributed by atoms with E-state index in [2.05, 4.69) is 20.8 Å². The van der Waals surface area contributed by atoms with E-state index in [-0.39, 0.29) is 0 Å². The first kappa shape index (κ1) is 12.7. The fourth-order valence-electron chi connectivity index (χ4n) is 0.391. The fourth-order valence-corrected chi connectivity index (χ4v) is 0.391. The quantitative estimate of drug-likeness (QED) is 0.328. The molecule has 0 aromatic carbocycles. The minimum atomic E-state index is -0.836. The zero-order chi connectivity index (χ0) is 10.1. The summed E-state index contributed by atoms with van der Waals surface area (Å²) in [5.41, 5.74) is 4.46. The zero-order valence-electron chi connectivity index (χ0n) is 7.77. The minimum absolute atomic E-state index is 0.621. The van der Waals surface area contributed by atoms with Crippen molar-refractivity contribution in [3.8, 4) is 0 Å². The Bertz CT molecular complexity index is 116. The molecule has 0 rings (SSSR count). The van der Waals surface area contributed by atoms with Crippen molar-refractivity contribution in [1.82, 2.24) is 11.1 Å². The van der Waals surface area contributed by atoms with Crippen molar-refractivity contribution in [3.63, 3.8) is 0 Å². The minimum Gasteiger partial charge on any atom is -0.340 e. The van der Waals surface area contributed by atoms with Crippen molar-refractivity contribution in [2.75, 3.05) is 14.2 Å². The molecule has 80 valence electrons. The number of hydroxylamine groups is 1. The Labute approximate surface area is 76.0 Å². The van der Waals surface area contributed by atoms with Crippen LogP contribution in [0.2, 0.25) is 0 Å². The first-order valence-electron chi connectivity index (χ1n) is 3.47. The van der Waals surface area contributed by atoms with Crippen LogP contribution in [0.3, 0.4) is 0 Å². The van der Waals surface area contributed by atoms with E-state index in [4.69, 9.17) is 20.3 Å². The van der Waals surface area contributed by atoms with E-state index in [0.29, 0.717) is 0 Å². The van der Waals surface area contributed by atoms with Gasteiger partial charge >= 0.3 is 0 Å². The smallest absolute Gasteiger partial charge is 0.258 e. The van der Waals surface area contributed by atoms with E-state index >= 15 is 0 Å². The lowest BCUT2D eigenvalue weighted by Gasteiger charge is -2.18. The van der Waals surface area contributed by atoms with Gasteiger partial charge in [-0.2, -0.15) is 0 Å². The summed E-state index contributed by atoms with van der Waals surface area (Å²) in [6, 6.07) is 0. The van der Waals surface area contributed by atoms with Gasteiger partial charge in [-0.15, -0.1) is 5.48 Å². The number of ether oxygens (including phenoxy) is 1. The summed E-state index contributed by atoms with van der Waals surface area (Å²) in [5, 5.41) is 0. The van der Waals surface area contributed by atoms with E-state index in [1.165, 1.54) is 14.2 Å². The Kier molecular flexibility index (Phi) is 8.08. The van der Waals surface area contributed by atoms with Crippen molar-refractivity contribution < 1.29 is 24.1 Å². The molecule has 0 aliphatic rings. The van der Waals surface area contributed by atoms with Crippen molar-refractivity contribution in [2.45, 2.75) is 19.6 Å². The molecule has 0 aromatic rings. The average molecular weight is 197 g/mol. The van der Waals surface area contributed by atoms with E-state index in [1.54, 1.807) is 6.92 Å². The zero-order valence-corrected chi connectivity index (χ0v) is 7.77. The summed E-state index contributed by atoms with van der Waals surface area (Å²) in [5.74, 6) is 4.81. The number of nitrogens with two attached hydrogens (primary N) is 1. The van der Waals surface area contributed by atoms with Crippen molar-refractivity contribution >= 4 is 0 Å². The largest absolute Gasteiger partial charge is 0.340 e. The molecule has 0 spiro atoms. The van der Waals surface area contributed by atoms with Gasteiger partial charge in [0.1, 0.15) is 0 Å². The molecule has 0 saturated carbocycles. The molecule has 0 aliphatic heterocycles. The molecule has 2 unspecified atom stereocenters. The third kappa shape index (κ3) is 6.81. The molecule has 4 N–H and O–H groups in total. The first-order valence-corrected chi connectivity index (χ1v) is 3.47. The van der Waals surface area contributed by atoms with Crippen LogP contribution >= 0.6 is 0 Å². The van der Waals surface area contributed by atoms with Crippen LogP contribution in [0.25, 0.3) is 0 Å². The third-order valence-electron chi connectivity index (χ3n) is 0.974. The summed E-state index contributed by atoms with van der Waals surface area (Å²) < 4.78 is 4.75. The van der Waals surface area contributed by atoms with Gasteiger partial charge in [0.25, 0.3) is 6.41 Å². The van der Waals surface area contributed by atoms with Gasteiger partial charge < -0.3 is 4.74 Å². The van der Waals surface area contributed by atoms with Gasteiger partial charge in [-0.25, -0.2) is 10.7 Å². The summed E-state index contributed by atoms with van der Waals surface area (Å²) >= 11 is 0. The van der Waals surface area contributed by atoms with E-state index < -0.39 is 12.7 Å². The molecule has 0 fully saturated rings. The van der Waals surface area contributed by atoms with Crippen molar-refractivity contribution in [3.05, 3.63) is 0 Å². The lowest BCUT2D eigenvalue weighted by atomic mass is 10.8. The molecule has 0 heterocycles. The maximum Gasteiger partial charge on any atom is 0.258 e. The van der Waals surface area contributed by atoms with Crippen LogP contribution in [0.5, 0.6) is 0 Å². The SMILES string of the molecule is CONOC(NOC(C)ON)OC. The molecular formula is C5H15N3O5.